The molecule has 1 amide bonds. The first kappa shape index (κ1) is 22.2. The number of carbonyl (C=O) groups excluding carboxylic acids is 1. The van der Waals surface area contributed by atoms with Crippen LogP contribution in [0.25, 0.3) is 0 Å². The molecule has 2 rings (SSSR count). The molecule has 1 atom stereocenters. The smallest absolute Gasteiger partial charge is 0.237 e. The zero-order valence-corrected chi connectivity index (χ0v) is 14.9. The number of hydrogen-bond acceptors (Lipinski definition) is 3. The number of hydrogen-bond donors (Lipinski definition) is 3. The zero-order valence-electron chi connectivity index (χ0n) is 13.3. The van der Waals surface area contributed by atoms with Crippen molar-refractivity contribution in [3.05, 3.63) is 65.5 Å². The van der Waals surface area contributed by atoms with Gasteiger partial charge in [-0.1, -0.05) is 24.3 Å². The molecule has 2 aromatic rings. The van der Waals surface area contributed by atoms with Crippen LogP contribution in [0, 0.1) is 5.82 Å². The van der Waals surface area contributed by atoms with E-state index in [4.69, 9.17) is 11.5 Å². The van der Waals surface area contributed by atoms with Gasteiger partial charge in [0.05, 0.1) is 5.54 Å². The summed E-state index contributed by atoms with van der Waals surface area (Å²) in [4.78, 5) is 11.2. The number of anilines is 1. The lowest BCUT2D eigenvalue weighted by Crippen LogP contribution is -2.51. The number of nitrogens with one attached hydrogen (secondary N) is 1. The maximum atomic E-state index is 12.8. The van der Waals surface area contributed by atoms with Crippen LogP contribution in [0.15, 0.2) is 48.5 Å². The van der Waals surface area contributed by atoms with Gasteiger partial charge < -0.3 is 16.8 Å². The molecular weight excluding hydrogens is 352 g/mol. The molecule has 0 bridgehead atoms. The highest BCUT2D eigenvalue weighted by Crippen LogP contribution is 2.15. The first-order valence-corrected chi connectivity index (χ1v) is 7.03. The number of carbonyl (C=O) groups is 1. The quantitative estimate of drug-likeness (QED) is 0.727. The van der Waals surface area contributed by atoms with Gasteiger partial charge in [0.1, 0.15) is 5.82 Å². The summed E-state index contributed by atoms with van der Waals surface area (Å²) in [6.45, 7) is 2.23. The van der Waals surface area contributed by atoms with Crippen molar-refractivity contribution in [2.75, 3.05) is 5.32 Å². The maximum Gasteiger partial charge on any atom is 0.237 e. The number of primary amides is 1. The molecule has 0 aromatic heterocycles. The molecule has 1 unspecified atom stereocenters. The number of halogens is 3. The summed E-state index contributed by atoms with van der Waals surface area (Å²) < 4.78 is 12.8. The molecule has 4 nitrogen and oxygen atoms in total. The standard InChI is InChI=1S/C17H20FN3O.2ClH/c1-17(20,16(19)22)10-12-4-8-15(9-5-12)21-11-13-2-6-14(18)7-3-13;;/h2-9,21H,10-11,20H2,1H3,(H2,19,22);2*1H. The molecule has 7 heteroatoms. The molecule has 0 fully saturated rings. The van der Waals surface area contributed by atoms with E-state index >= 15 is 0 Å². The predicted molar refractivity (Wildman–Crippen MR) is 100 cm³/mol. The third-order valence-corrected chi connectivity index (χ3v) is 3.50. The summed E-state index contributed by atoms with van der Waals surface area (Å²) in [5, 5.41) is 3.25. The molecule has 132 valence electrons. The molecule has 0 heterocycles. The lowest BCUT2D eigenvalue weighted by atomic mass is 9.93. The van der Waals surface area contributed by atoms with Crippen molar-refractivity contribution >= 4 is 36.4 Å². The van der Waals surface area contributed by atoms with E-state index in [1.807, 2.05) is 24.3 Å². The van der Waals surface area contributed by atoms with Gasteiger partial charge in [0.2, 0.25) is 5.91 Å². The third-order valence-electron chi connectivity index (χ3n) is 3.50. The van der Waals surface area contributed by atoms with E-state index in [9.17, 15) is 9.18 Å². The summed E-state index contributed by atoms with van der Waals surface area (Å²) in [5.41, 5.74) is 12.9. The minimum atomic E-state index is -1.05. The number of rotatable bonds is 6. The molecule has 5 N–H and O–H groups in total. The van der Waals surface area contributed by atoms with Crippen molar-refractivity contribution < 1.29 is 9.18 Å². The Bertz CT molecular complexity index is 646. The largest absolute Gasteiger partial charge is 0.381 e. The fourth-order valence-corrected chi connectivity index (χ4v) is 2.06. The van der Waals surface area contributed by atoms with Crippen molar-refractivity contribution in [3.63, 3.8) is 0 Å². The van der Waals surface area contributed by atoms with E-state index in [0.29, 0.717) is 13.0 Å². The molecule has 0 aliphatic heterocycles. The van der Waals surface area contributed by atoms with Crippen molar-refractivity contribution in [3.8, 4) is 0 Å². The predicted octanol–water partition coefficient (Wildman–Crippen LogP) is 3.03. The fourth-order valence-electron chi connectivity index (χ4n) is 2.06. The van der Waals surface area contributed by atoms with E-state index in [-0.39, 0.29) is 30.6 Å². The van der Waals surface area contributed by atoms with Crippen molar-refractivity contribution in [1.82, 2.24) is 0 Å². The Morgan fingerprint density at radius 2 is 1.54 bits per heavy atom. The summed E-state index contributed by atoms with van der Waals surface area (Å²) >= 11 is 0. The average molecular weight is 374 g/mol. The Balaban J connectivity index is 0.00000264. The molecule has 0 saturated heterocycles. The molecular formula is C17H22Cl2FN3O. The van der Waals surface area contributed by atoms with Gasteiger partial charge in [-0.15, -0.1) is 24.8 Å². The van der Waals surface area contributed by atoms with Crippen molar-refractivity contribution in [1.29, 1.82) is 0 Å². The van der Waals surface area contributed by atoms with E-state index < -0.39 is 11.4 Å². The van der Waals surface area contributed by atoms with Gasteiger partial charge in [0, 0.05) is 12.2 Å². The van der Waals surface area contributed by atoms with E-state index in [1.54, 1.807) is 19.1 Å². The normalized spacial score (nSPS) is 12.3. The molecule has 0 aliphatic rings. The van der Waals surface area contributed by atoms with Gasteiger partial charge in [-0.05, 0) is 48.7 Å². The molecule has 0 saturated carbocycles. The maximum absolute atomic E-state index is 12.8. The van der Waals surface area contributed by atoms with Crippen LogP contribution in [0.2, 0.25) is 0 Å². The van der Waals surface area contributed by atoms with Gasteiger partial charge in [-0.25, -0.2) is 4.39 Å². The Labute approximate surface area is 153 Å². The highest BCUT2D eigenvalue weighted by molar-refractivity contribution is 5.85. The lowest BCUT2D eigenvalue weighted by molar-refractivity contribution is -0.122. The summed E-state index contributed by atoms with van der Waals surface area (Å²) in [7, 11) is 0. The van der Waals surface area contributed by atoms with Crippen LogP contribution in [0.4, 0.5) is 10.1 Å². The average Bonchev–Trinajstić information content (AvgIpc) is 2.48. The van der Waals surface area contributed by atoms with Crippen LogP contribution in [0.3, 0.4) is 0 Å². The molecule has 2 aromatic carbocycles. The number of amides is 1. The first-order valence-electron chi connectivity index (χ1n) is 7.03. The zero-order chi connectivity index (χ0) is 16.2. The third kappa shape index (κ3) is 6.35. The second-order valence-corrected chi connectivity index (χ2v) is 5.64. The van der Waals surface area contributed by atoms with Crippen LogP contribution in [-0.4, -0.2) is 11.4 Å². The highest BCUT2D eigenvalue weighted by Gasteiger charge is 2.25. The van der Waals surface area contributed by atoms with Gasteiger partial charge in [-0.3, -0.25) is 4.79 Å². The van der Waals surface area contributed by atoms with Gasteiger partial charge in [0.25, 0.3) is 0 Å². The summed E-state index contributed by atoms with van der Waals surface area (Å²) in [6.07, 6.45) is 0.389. The van der Waals surface area contributed by atoms with Gasteiger partial charge in [-0.2, -0.15) is 0 Å². The van der Waals surface area contributed by atoms with Crippen molar-refractivity contribution in [2.45, 2.75) is 25.4 Å². The second-order valence-electron chi connectivity index (χ2n) is 5.64. The van der Waals surface area contributed by atoms with E-state index in [1.165, 1.54) is 12.1 Å². The Morgan fingerprint density at radius 3 is 2.04 bits per heavy atom. The summed E-state index contributed by atoms with van der Waals surface area (Å²) in [6, 6.07) is 14.0. The topological polar surface area (TPSA) is 81.1 Å². The van der Waals surface area contributed by atoms with Crippen LogP contribution < -0.4 is 16.8 Å². The van der Waals surface area contributed by atoms with Crippen LogP contribution >= 0.6 is 24.8 Å². The lowest BCUT2D eigenvalue weighted by Gasteiger charge is -2.20. The van der Waals surface area contributed by atoms with Crippen molar-refractivity contribution in [2.24, 2.45) is 11.5 Å². The van der Waals surface area contributed by atoms with Crippen LogP contribution in [0.1, 0.15) is 18.1 Å². The SMILES string of the molecule is CC(N)(Cc1ccc(NCc2ccc(F)cc2)cc1)C(N)=O.Cl.Cl. The molecule has 0 radical (unpaired) electrons. The van der Waals surface area contributed by atoms with E-state index in [0.717, 1.165) is 16.8 Å². The highest BCUT2D eigenvalue weighted by atomic mass is 35.5. The minimum absolute atomic E-state index is 0. The van der Waals surface area contributed by atoms with Crippen LogP contribution in [-0.2, 0) is 17.8 Å². The molecule has 24 heavy (non-hydrogen) atoms. The monoisotopic (exact) mass is 373 g/mol. The first-order chi connectivity index (χ1) is 10.4. The Hall–Kier alpha value is -1.82. The Morgan fingerprint density at radius 1 is 1.04 bits per heavy atom. The second kappa shape index (κ2) is 9.47. The Kier molecular flexibility index (Phi) is 8.75. The molecule has 0 spiro atoms. The number of nitrogens with two attached hydrogens (primary N) is 2. The summed E-state index contributed by atoms with van der Waals surface area (Å²) in [5.74, 6) is -0.765. The van der Waals surface area contributed by atoms with Crippen LogP contribution in [0.5, 0.6) is 0 Å². The number of benzene rings is 2. The minimum Gasteiger partial charge on any atom is -0.381 e. The van der Waals surface area contributed by atoms with Gasteiger partial charge >= 0.3 is 0 Å². The molecule has 0 aliphatic carbocycles. The fraction of sp³-hybridized carbons (Fsp3) is 0.235. The van der Waals surface area contributed by atoms with Gasteiger partial charge in [0.15, 0.2) is 0 Å². The van der Waals surface area contributed by atoms with E-state index in [2.05, 4.69) is 5.32 Å².